The molecule has 11 heavy (non-hydrogen) atoms. The third kappa shape index (κ3) is 17.7. The lowest BCUT2D eigenvalue weighted by Gasteiger charge is -2.05. The maximum atomic E-state index is 8.22. The minimum absolute atomic E-state index is 0.103. The van der Waals surface area contributed by atoms with Gasteiger partial charge in [0, 0.05) is 6.61 Å². The van der Waals surface area contributed by atoms with Gasteiger partial charge in [-0.2, -0.15) is 0 Å². The fraction of sp³-hybridized carbons (Fsp3) is 1.00. The lowest BCUT2D eigenvalue weighted by Crippen LogP contribution is -2.27. The number of hydrogen-bond donors (Lipinski definition) is 2. The third-order valence-corrected chi connectivity index (χ3v) is 1.06. The van der Waals surface area contributed by atoms with E-state index in [2.05, 4.69) is 13.8 Å². The van der Waals surface area contributed by atoms with Crippen LogP contribution in [0.5, 0.6) is 0 Å². The van der Waals surface area contributed by atoms with Gasteiger partial charge in [-0.3, -0.25) is 0 Å². The molecule has 0 spiro atoms. The molecule has 3 nitrogen and oxygen atoms in total. The topological polar surface area (TPSA) is 55.5 Å². The summed E-state index contributed by atoms with van der Waals surface area (Å²) in [6, 6.07) is 0. The van der Waals surface area contributed by atoms with Crippen molar-refractivity contribution in [2.45, 2.75) is 39.8 Å². The van der Waals surface area contributed by atoms with Crippen molar-refractivity contribution >= 4 is 0 Å². The lowest BCUT2D eigenvalue weighted by atomic mass is 10.4. The van der Waals surface area contributed by atoms with Gasteiger partial charge in [0.25, 0.3) is 0 Å². The molecule has 0 aromatic rings. The molecule has 0 fully saturated rings. The Kier molecular flexibility index (Phi) is 15.4. The highest BCUT2D eigenvalue weighted by Crippen LogP contribution is 1.77. The standard InChI is InChI=1S/C4H11NO2.C4H10/c1-2-7-4(5)3-6;1-3-4-2/h4,6H,2-3,5H2,1H3;3-4H2,1-2H3. The zero-order valence-corrected chi connectivity index (χ0v) is 7.84. The Morgan fingerprint density at radius 3 is 1.82 bits per heavy atom. The number of hydrogen-bond acceptors (Lipinski definition) is 3. The van der Waals surface area contributed by atoms with E-state index in [1.807, 2.05) is 6.92 Å². The molecule has 0 aliphatic heterocycles. The molecule has 0 heterocycles. The first-order valence-corrected chi connectivity index (χ1v) is 4.20. The van der Waals surface area contributed by atoms with Gasteiger partial charge in [0.2, 0.25) is 0 Å². The molecule has 3 N–H and O–H groups in total. The molecule has 0 aromatic heterocycles. The summed E-state index contributed by atoms with van der Waals surface area (Å²) in [5.41, 5.74) is 5.11. The molecule has 1 unspecified atom stereocenters. The van der Waals surface area contributed by atoms with Crippen LogP contribution in [0.15, 0.2) is 0 Å². The maximum absolute atomic E-state index is 8.22. The molecular weight excluding hydrogens is 142 g/mol. The summed E-state index contributed by atoms with van der Waals surface area (Å²) < 4.78 is 4.72. The van der Waals surface area contributed by atoms with Gasteiger partial charge in [-0.25, -0.2) is 0 Å². The lowest BCUT2D eigenvalue weighted by molar-refractivity contribution is 0.0246. The van der Waals surface area contributed by atoms with E-state index in [9.17, 15) is 0 Å². The highest BCUT2D eigenvalue weighted by Gasteiger charge is 1.93. The largest absolute Gasteiger partial charge is 0.392 e. The van der Waals surface area contributed by atoms with Crippen molar-refractivity contribution in [3.05, 3.63) is 0 Å². The number of aliphatic hydroxyl groups is 1. The quantitative estimate of drug-likeness (QED) is 0.610. The van der Waals surface area contributed by atoms with Crippen LogP contribution in [0.2, 0.25) is 0 Å². The molecule has 3 heteroatoms. The summed E-state index contributed by atoms with van der Waals surface area (Å²) >= 11 is 0. The van der Waals surface area contributed by atoms with E-state index in [0.29, 0.717) is 6.61 Å². The van der Waals surface area contributed by atoms with E-state index < -0.39 is 6.23 Å². The Hall–Kier alpha value is -0.120. The summed E-state index contributed by atoms with van der Waals surface area (Å²) in [5.74, 6) is 0. The summed E-state index contributed by atoms with van der Waals surface area (Å²) in [4.78, 5) is 0. The molecule has 0 aliphatic rings. The Balaban J connectivity index is 0. The molecule has 0 rings (SSSR count). The molecule has 70 valence electrons. The van der Waals surface area contributed by atoms with E-state index in [1.54, 1.807) is 0 Å². The minimum atomic E-state index is -0.495. The summed E-state index contributed by atoms with van der Waals surface area (Å²) in [7, 11) is 0. The van der Waals surface area contributed by atoms with E-state index in [-0.39, 0.29) is 6.61 Å². The van der Waals surface area contributed by atoms with Crippen molar-refractivity contribution in [2.75, 3.05) is 13.2 Å². The van der Waals surface area contributed by atoms with Gasteiger partial charge in [0.15, 0.2) is 0 Å². The van der Waals surface area contributed by atoms with Crippen molar-refractivity contribution in [2.24, 2.45) is 5.73 Å². The number of unbranched alkanes of at least 4 members (excludes halogenated alkanes) is 1. The second-order valence-corrected chi connectivity index (χ2v) is 2.18. The fourth-order valence-electron chi connectivity index (χ4n) is 0.267. The van der Waals surface area contributed by atoms with E-state index in [1.165, 1.54) is 12.8 Å². The van der Waals surface area contributed by atoms with Gasteiger partial charge in [0.05, 0.1) is 6.61 Å². The highest BCUT2D eigenvalue weighted by molar-refractivity contribution is 4.38. The number of aliphatic hydroxyl groups excluding tert-OH is 1. The van der Waals surface area contributed by atoms with Crippen molar-refractivity contribution in [1.82, 2.24) is 0 Å². The van der Waals surface area contributed by atoms with Gasteiger partial charge < -0.3 is 15.6 Å². The zero-order valence-electron chi connectivity index (χ0n) is 7.84. The van der Waals surface area contributed by atoms with Crippen LogP contribution in [0.3, 0.4) is 0 Å². The number of rotatable bonds is 4. The minimum Gasteiger partial charge on any atom is -0.392 e. The SMILES string of the molecule is CCCC.CCOC(N)CO. The molecule has 0 radical (unpaired) electrons. The van der Waals surface area contributed by atoms with E-state index in [4.69, 9.17) is 15.6 Å². The molecule has 0 aliphatic carbocycles. The Morgan fingerprint density at radius 2 is 1.73 bits per heavy atom. The summed E-state index contributed by atoms with van der Waals surface area (Å²) in [6.07, 6.45) is 2.14. The molecule has 0 saturated carbocycles. The Morgan fingerprint density at radius 1 is 1.27 bits per heavy atom. The molecule has 0 amide bonds. The summed E-state index contributed by atoms with van der Waals surface area (Å²) in [6.45, 7) is 6.64. The van der Waals surface area contributed by atoms with Crippen LogP contribution in [-0.2, 0) is 4.74 Å². The van der Waals surface area contributed by atoms with Crippen LogP contribution in [0.25, 0.3) is 0 Å². The molecule has 0 saturated heterocycles. The van der Waals surface area contributed by atoms with Crippen molar-refractivity contribution in [3.63, 3.8) is 0 Å². The normalized spacial score (nSPS) is 11.7. The molecule has 0 aromatic carbocycles. The molecule has 1 atom stereocenters. The predicted molar refractivity (Wildman–Crippen MR) is 47.3 cm³/mol. The Bertz CT molecular complexity index is 58.1. The number of nitrogens with two attached hydrogens (primary N) is 1. The van der Waals surface area contributed by atoms with E-state index in [0.717, 1.165) is 0 Å². The average Bonchev–Trinajstić information content (AvgIpc) is 2.05. The monoisotopic (exact) mass is 163 g/mol. The van der Waals surface area contributed by atoms with Gasteiger partial charge in [-0.05, 0) is 6.92 Å². The first kappa shape index (κ1) is 13.5. The van der Waals surface area contributed by atoms with Crippen LogP contribution in [0, 0.1) is 0 Å². The van der Waals surface area contributed by atoms with Crippen molar-refractivity contribution < 1.29 is 9.84 Å². The van der Waals surface area contributed by atoms with Crippen LogP contribution in [0.1, 0.15) is 33.6 Å². The predicted octanol–water partition coefficient (Wildman–Crippen LogP) is 1.11. The molecular formula is C8H21NO2. The average molecular weight is 163 g/mol. The van der Waals surface area contributed by atoms with E-state index >= 15 is 0 Å². The van der Waals surface area contributed by atoms with Crippen LogP contribution in [0.4, 0.5) is 0 Å². The van der Waals surface area contributed by atoms with Crippen molar-refractivity contribution in [1.29, 1.82) is 0 Å². The second kappa shape index (κ2) is 12.5. The van der Waals surface area contributed by atoms with Gasteiger partial charge in [-0.1, -0.05) is 26.7 Å². The Labute approximate surface area is 69.5 Å². The van der Waals surface area contributed by atoms with Gasteiger partial charge in [-0.15, -0.1) is 0 Å². The smallest absolute Gasteiger partial charge is 0.128 e. The second-order valence-electron chi connectivity index (χ2n) is 2.18. The summed E-state index contributed by atoms with van der Waals surface area (Å²) in [5, 5.41) is 8.22. The van der Waals surface area contributed by atoms with Crippen molar-refractivity contribution in [3.8, 4) is 0 Å². The van der Waals surface area contributed by atoms with Gasteiger partial charge in [0.1, 0.15) is 6.23 Å². The van der Waals surface area contributed by atoms with Crippen LogP contribution < -0.4 is 5.73 Å². The highest BCUT2D eigenvalue weighted by atomic mass is 16.5. The fourth-order valence-corrected chi connectivity index (χ4v) is 0.267. The third-order valence-electron chi connectivity index (χ3n) is 1.06. The van der Waals surface area contributed by atoms with Crippen LogP contribution in [-0.4, -0.2) is 24.5 Å². The zero-order chi connectivity index (χ0) is 9.11. The maximum Gasteiger partial charge on any atom is 0.128 e. The molecule has 0 bridgehead atoms. The van der Waals surface area contributed by atoms with Gasteiger partial charge >= 0.3 is 0 Å². The first-order valence-electron chi connectivity index (χ1n) is 4.20. The number of ether oxygens (including phenoxy) is 1. The van der Waals surface area contributed by atoms with Crippen LogP contribution >= 0.6 is 0 Å². The first-order chi connectivity index (χ1) is 5.22.